The third kappa shape index (κ3) is 3.94. The quantitative estimate of drug-likeness (QED) is 0.469. The molecule has 0 amide bonds. The molecule has 0 unspecified atom stereocenters. The number of benzene rings is 3. The van der Waals surface area contributed by atoms with Crippen LogP contribution >= 0.6 is 0 Å². The first-order chi connectivity index (χ1) is 14.0. The van der Waals surface area contributed by atoms with Crippen LogP contribution in [0.4, 0.5) is 0 Å². The SMILES string of the molecule is Cc1cccc([Si]([O][Cr](=[O])(=[O])[OH])(c2cccc(C)c2C)c2cccc(C)c2C)c1C. The molecular formula is C24H28CrO4Si. The zero-order chi connectivity index (χ0) is 22.3. The molecule has 0 atom stereocenters. The van der Waals surface area contributed by atoms with E-state index in [1.807, 2.05) is 96.1 Å². The van der Waals surface area contributed by atoms with Crippen molar-refractivity contribution in [1.29, 1.82) is 0 Å². The van der Waals surface area contributed by atoms with Gasteiger partial charge in [0.25, 0.3) is 0 Å². The van der Waals surface area contributed by atoms with Gasteiger partial charge in [0.1, 0.15) is 0 Å². The van der Waals surface area contributed by atoms with Gasteiger partial charge in [0.05, 0.1) is 0 Å². The maximum atomic E-state index is 12.4. The number of hydrogen-bond donors (Lipinski definition) is 1. The molecule has 1 N–H and O–H groups in total. The Morgan fingerprint density at radius 2 is 0.933 bits per heavy atom. The van der Waals surface area contributed by atoms with Crippen LogP contribution in [0.15, 0.2) is 54.6 Å². The second-order valence-electron chi connectivity index (χ2n) is 7.93. The summed E-state index contributed by atoms with van der Waals surface area (Å²) >= 11 is -5.60. The molecule has 4 nitrogen and oxygen atoms in total. The molecule has 0 aliphatic carbocycles. The van der Waals surface area contributed by atoms with Gasteiger partial charge in [0.15, 0.2) is 0 Å². The van der Waals surface area contributed by atoms with E-state index in [1.165, 1.54) is 0 Å². The normalized spacial score (nSPS) is 12.2. The zero-order valence-corrected chi connectivity index (χ0v) is 20.6. The van der Waals surface area contributed by atoms with Crippen LogP contribution in [0.2, 0.25) is 0 Å². The van der Waals surface area contributed by atoms with Gasteiger partial charge in [0.2, 0.25) is 0 Å². The van der Waals surface area contributed by atoms with Crippen LogP contribution in [-0.2, 0) is 24.7 Å². The second kappa shape index (κ2) is 8.22. The van der Waals surface area contributed by atoms with E-state index in [4.69, 9.17) is 3.48 Å². The zero-order valence-electron chi connectivity index (χ0n) is 18.3. The van der Waals surface area contributed by atoms with E-state index in [0.29, 0.717) is 0 Å². The Bertz CT molecular complexity index is 1090. The summed E-state index contributed by atoms with van der Waals surface area (Å²) in [5, 5.41) is 2.52. The molecular weight excluding hydrogens is 432 g/mol. The van der Waals surface area contributed by atoms with Crippen LogP contribution in [0.1, 0.15) is 33.4 Å². The Hall–Kier alpha value is -2.07. The van der Waals surface area contributed by atoms with Crippen molar-refractivity contribution in [2.45, 2.75) is 41.5 Å². The summed E-state index contributed by atoms with van der Waals surface area (Å²) < 4.78 is 40.8. The van der Waals surface area contributed by atoms with Crippen molar-refractivity contribution in [3.8, 4) is 0 Å². The summed E-state index contributed by atoms with van der Waals surface area (Å²) in [5.74, 6) is 0. The molecule has 3 rings (SSSR count). The van der Waals surface area contributed by atoms with E-state index in [0.717, 1.165) is 48.9 Å². The van der Waals surface area contributed by atoms with Crippen molar-refractivity contribution in [2.75, 3.05) is 0 Å². The Morgan fingerprint density at radius 1 is 0.633 bits per heavy atom. The van der Waals surface area contributed by atoms with Crippen molar-refractivity contribution in [3.63, 3.8) is 0 Å². The fourth-order valence-electron chi connectivity index (χ4n) is 4.13. The van der Waals surface area contributed by atoms with Crippen molar-refractivity contribution < 1.29 is 28.9 Å². The molecule has 0 saturated heterocycles. The minimum atomic E-state index is -5.60. The van der Waals surface area contributed by atoms with Crippen LogP contribution in [0.5, 0.6) is 0 Å². The van der Waals surface area contributed by atoms with Crippen LogP contribution in [0.3, 0.4) is 0 Å². The predicted octanol–water partition coefficient (Wildman–Crippen LogP) is 3.19. The summed E-state index contributed by atoms with van der Waals surface area (Å²) in [6.07, 6.45) is 0. The van der Waals surface area contributed by atoms with E-state index in [2.05, 4.69) is 0 Å². The first-order valence-electron chi connectivity index (χ1n) is 9.87. The van der Waals surface area contributed by atoms with Crippen LogP contribution in [0, 0.1) is 41.5 Å². The van der Waals surface area contributed by atoms with Gasteiger partial charge in [-0.2, -0.15) is 0 Å². The van der Waals surface area contributed by atoms with Gasteiger partial charge in [-0.25, -0.2) is 0 Å². The van der Waals surface area contributed by atoms with Crippen molar-refractivity contribution >= 4 is 23.9 Å². The van der Waals surface area contributed by atoms with Crippen molar-refractivity contribution in [3.05, 3.63) is 88.0 Å². The summed E-state index contributed by atoms with van der Waals surface area (Å²) in [5.41, 5.74) is 6.08. The van der Waals surface area contributed by atoms with E-state index < -0.39 is 21.9 Å². The number of hydrogen-bond acceptors (Lipinski definition) is 3. The van der Waals surface area contributed by atoms with Gasteiger partial charge in [-0.15, -0.1) is 0 Å². The summed E-state index contributed by atoms with van der Waals surface area (Å²) in [6, 6.07) is 17.6. The molecule has 0 aliphatic heterocycles. The predicted molar refractivity (Wildman–Crippen MR) is 117 cm³/mol. The van der Waals surface area contributed by atoms with Gasteiger partial charge in [-0.05, 0) is 0 Å². The van der Waals surface area contributed by atoms with E-state index in [9.17, 15) is 11.8 Å². The second-order valence-corrected chi connectivity index (χ2v) is 13.2. The topological polar surface area (TPSA) is 63.6 Å². The number of aryl methyl sites for hydroxylation is 3. The first kappa shape index (κ1) is 22.6. The summed E-state index contributed by atoms with van der Waals surface area (Å²) in [6.45, 7) is 12.0. The summed E-state index contributed by atoms with van der Waals surface area (Å²) in [7, 11) is -3.59. The van der Waals surface area contributed by atoms with E-state index >= 15 is 0 Å². The van der Waals surface area contributed by atoms with Gasteiger partial charge in [0, 0.05) is 0 Å². The molecule has 3 aromatic carbocycles. The third-order valence-corrected chi connectivity index (χ3v) is 12.7. The monoisotopic (exact) mass is 460 g/mol. The van der Waals surface area contributed by atoms with Gasteiger partial charge in [-0.3, -0.25) is 0 Å². The van der Waals surface area contributed by atoms with Crippen molar-refractivity contribution in [2.24, 2.45) is 0 Å². The molecule has 0 radical (unpaired) electrons. The Balaban J connectivity index is 2.61. The van der Waals surface area contributed by atoms with Crippen LogP contribution < -0.4 is 15.6 Å². The van der Waals surface area contributed by atoms with Gasteiger partial charge in [-0.1, -0.05) is 0 Å². The maximum absolute atomic E-state index is 12.4. The molecule has 0 fully saturated rings. The molecule has 0 bridgehead atoms. The summed E-state index contributed by atoms with van der Waals surface area (Å²) in [4.78, 5) is 0. The Morgan fingerprint density at radius 3 is 1.20 bits per heavy atom. The van der Waals surface area contributed by atoms with Crippen LogP contribution in [-0.4, -0.2) is 12.5 Å². The third-order valence-electron chi connectivity index (χ3n) is 6.18. The molecule has 0 saturated carbocycles. The fourth-order valence-corrected chi connectivity index (χ4v) is 11.5. The molecule has 6 heteroatoms. The van der Waals surface area contributed by atoms with E-state index in [-0.39, 0.29) is 0 Å². The van der Waals surface area contributed by atoms with Gasteiger partial charge < -0.3 is 0 Å². The molecule has 0 heterocycles. The van der Waals surface area contributed by atoms with Crippen molar-refractivity contribution in [1.82, 2.24) is 0 Å². The average molecular weight is 461 g/mol. The number of rotatable bonds is 5. The first-order valence-corrected chi connectivity index (χ1v) is 13.9. The molecule has 0 spiro atoms. The molecule has 3 aromatic rings. The van der Waals surface area contributed by atoms with E-state index in [1.54, 1.807) is 0 Å². The average Bonchev–Trinajstić information content (AvgIpc) is 2.66. The Labute approximate surface area is 182 Å². The standard InChI is InChI=1S/C24H27OSi.Cr.H2O.2O/c1-16-10-7-13-22(19(16)4)26(25,23-14-8-11-17(2)20(23)5)24-15-9-12-18(3)21(24)6;;;;/h7-15H,1-6H3;;1H2;;/q-1;+2;;;/p-1. The molecule has 30 heavy (non-hydrogen) atoms. The van der Waals surface area contributed by atoms with Gasteiger partial charge >= 0.3 is 182 Å². The Kier molecular flexibility index (Phi) is 6.20. The molecule has 158 valence electrons. The molecule has 0 aromatic heterocycles. The molecule has 0 aliphatic rings. The van der Waals surface area contributed by atoms with Crippen LogP contribution in [0.25, 0.3) is 0 Å². The fraction of sp³-hybridized carbons (Fsp3) is 0.250. The minimum absolute atomic E-state index is 0.840.